The van der Waals surface area contributed by atoms with Crippen molar-refractivity contribution in [2.45, 2.75) is 57.4 Å². The monoisotopic (exact) mass is 332 g/mol. The van der Waals surface area contributed by atoms with Crippen LogP contribution in [0.4, 0.5) is 4.39 Å². The third-order valence-corrected chi connectivity index (χ3v) is 5.91. The van der Waals surface area contributed by atoms with E-state index in [4.69, 9.17) is 5.73 Å². The number of hydrogen-bond donors (Lipinski definition) is 1. The van der Waals surface area contributed by atoms with Gasteiger partial charge in [-0.2, -0.15) is 0 Å². The van der Waals surface area contributed by atoms with Crippen molar-refractivity contribution in [2.75, 3.05) is 13.1 Å². The van der Waals surface area contributed by atoms with Gasteiger partial charge in [0.1, 0.15) is 5.82 Å². The molecule has 2 fully saturated rings. The van der Waals surface area contributed by atoms with Crippen LogP contribution in [-0.2, 0) is 11.2 Å². The van der Waals surface area contributed by atoms with Crippen LogP contribution in [0.2, 0.25) is 0 Å². The Morgan fingerprint density at radius 1 is 1.12 bits per heavy atom. The van der Waals surface area contributed by atoms with Gasteiger partial charge in [-0.3, -0.25) is 4.79 Å². The molecule has 0 heterocycles. The van der Waals surface area contributed by atoms with Crippen molar-refractivity contribution in [1.82, 2.24) is 4.90 Å². The quantitative estimate of drug-likeness (QED) is 0.866. The Balaban J connectivity index is 1.71. The number of benzene rings is 1. The molecule has 1 amide bonds. The molecule has 0 aliphatic heterocycles. The number of nitrogens with zero attached hydrogens (tertiary/aromatic N) is 1. The molecular weight excluding hydrogens is 303 g/mol. The van der Waals surface area contributed by atoms with Gasteiger partial charge in [-0.25, -0.2) is 4.39 Å². The Kier molecular flexibility index (Phi) is 5.88. The first-order chi connectivity index (χ1) is 11.7. The van der Waals surface area contributed by atoms with Crippen LogP contribution in [0.1, 0.15) is 50.5 Å². The van der Waals surface area contributed by atoms with Gasteiger partial charge in [-0.05, 0) is 56.2 Å². The van der Waals surface area contributed by atoms with Gasteiger partial charge in [0.2, 0.25) is 5.91 Å². The van der Waals surface area contributed by atoms with Gasteiger partial charge in [-0.15, -0.1) is 0 Å². The minimum absolute atomic E-state index is 0.0798. The molecule has 2 aliphatic rings. The SMILES string of the molecule is NC[C@H]1CCC[C@H]1C(=O)N(CCc1ccccc1F)C1CCCC1. The molecule has 3 rings (SSSR count). The third kappa shape index (κ3) is 3.80. The predicted molar refractivity (Wildman–Crippen MR) is 94.0 cm³/mol. The molecule has 0 radical (unpaired) electrons. The molecular formula is C20H29FN2O. The Labute approximate surface area is 144 Å². The molecule has 1 aromatic carbocycles. The highest BCUT2D eigenvalue weighted by molar-refractivity contribution is 5.80. The summed E-state index contributed by atoms with van der Waals surface area (Å²) in [5.41, 5.74) is 6.58. The van der Waals surface area contributed by atoms with Crippen LogP contribution in [-0.4, -0.2) is 29.9 Å². The van der Waals surface area contributed by atoms with E-state index in [1.54, 1.807) is 6.07 Å². The molecule has 2 atom stereocenters. The van der Waals surface area contributed by atoms with Gasteiger partial charge in [0, 0.05) is 18.5 Å². The van der Waals surface area contributed by atoms with E-state index in [2.05, 4.69) is 4.90 Å². The zero-order chi connectivity index (χ0) is 16.9. The van der Waals surface area contributed by atoms with Crippen LogP contribution in [0.25, 0.3) is 0 Å². The fourth-order valence-corrected chi connectivity index (χ4v) is 4.49. The number of hydrogen-bond acceptors (Lipinski definition) is 2. The lowest BCUT2D eigenvalue weighted by Gasteiger charge is -2.33. The summed E-state index contributed by atoms with van der Waals surface area (Å²) >= 11 is 0. The maximum Gasteiger partial charge on any atom is 0.226 e. The molecule has 24 heavy (non-hydrogen) atoms. The summed E-state index contributed by atoms with van der Waals surface area (Å²) in [4.78, 5) is 15.3. The summed E-state index contributed by atoms with van der Waals surface area (Å²) in [6.45, 7) is 1.22. The first-order valence-electron chi connectivity index (χ1n) is 9.44. The van der Waals surface area contributed by atoms with E-state index in [9.17, 15) is 9.18 Å². The summed E-state index contributed by atoms with van der Waals surface area (Å²) in [6, 6.07) is 7.23. The fraction of sp³-hybridized carbons (Fsp3) is 0.650. The van der Waals surface area contributed by atoms with E-state index in [0.29, 0.717) is 37.0 Å². The highest BCUT2D eigenvalue weighted by Crippen LogP contribution is 2.34. The molecule has 3 nitrogen and oxygen atoms in total. The van der Waals surface area contributed by atoms with Crippen LogP contribution in [0, 0.1) is 17.7 Å². The minimum Gasteiger partial charge on any atom is -0.339 e. The second kappa shape index (κ2) is 8.11. The Morgan fingerprint density at radius 2 is 1.88 bits per heavy atom. The smallest absolute Gasteiger partial charge is 0.226 e. The zero-order valence-electron chi connectivity index (χ0n) is 14.4. The van der Waals surface area contributed by atoms with Gasteiger partial charge in [-0.1, -0.05) is 37.5 Å². The van der Waals surface area contributed by atoms with Crippen molar-refractivity contribution in [1.29, 1.82) is 0 Å². The van der Waals surface area contributed by atoms with Crippen molar-refractivity contribution >= 4 is 5.91 Å². The molecule has 0 aromatic heterocycles. The second-order valence-electron chi connectivity index (χ2n) is 7.34. The summed E-state index contributed by atoms with van der Waals surface area (Å²) in [5, 5.41) is 0. The molecule has 0 saturated heterocycles. The van der Waals surface area contributed by atoms with Crippen LogP contribution in [0.3, 0.4) is 0 Å². The summed E-state index contributed by atoms with van der Waals surface area (Å²) in [7, 11) is 0. The van der Waals surface area contributed by atoms with E-state index in [0.717, 1.165) is 32.1 Å². The van der Waals surface area contributed by atoms with Gasteiger partial charge in [0.05, 0.1) is 0 Å². The highest BCUT2D eigenvalue weighted by Gasteiger charge is 2.37. The summed E-state index contributed by atoms with van der Waals surface area (Å²) in [5.74, 6) is 0.509. The van der Waals surface area contributed by atoms with Gasteiger partial charge in [0.25, 0.3) is 0 Å². The van der Waals surface area contributed by atoms with Crippen molar-refractivity contribution in [3.05, 3.63) is 35.6 Å². The maximum absolute atomic E-state index is 13.9. The lowest BCUT2D eigenvalue weighted by atomic mass is 9.93. The Hall–Kier alpha value is -1.42. The zero-order valence-corrected chi connectivity index (χ0v) is 14.4. The van der Waals surface area contributed by atoms with E-state index >= 15 is 0 Å². The lowest BCUT2D eigenvalue weighted by Crippen LogP contribution is -2.45. The average molecular weight is 332 g/mol. The van der Waals surface area contributed by atoms with E-state index in [1.807, 2.05) is 12.1 Å². The number of carbonyl (C=O) groups is 1. The first kappa shape index (κ1) is 17.4. The number of rotatable bonds is 6. The van der Waals surface area contributed by atoms with Gasteiger partial charge >= 0.3 is 0 Å². The van der Waals surface area contributed by atoms with Gasteiger partial charge in [0.15, 0.2) is 0 Å². The van der Waals surface area contributed by atoms with Crippen molar-refractivity contribution in [2.24, 2.45) is 17.6 Å². The number of nitrogens with two attached hydrogens (primary N) is 1. The highest BCUT2D eigenvalue weighted by atomic mass is 19.1. The molecule has 2 N–H and O–H groups in total. The number of halogens is 1. The second-order valence-corrected chi connectivity index (χ2v) is 7.34. The topological polar surface area (TPSA) is 46.3 Å². The molecule has 0 bridgehead atoms. The standard InChI is InChI=1S/C20H29FN2O/c21-19-11-4-1-6-15(19)12-13-23(17-8-2-3-9-17)20(24)18-10-5-7-16(18)14-22/h1,4,6,11,16-18H,2-3,5,7-10,12-14,22H2/t16-,18-/m1/s1. The molecule has 0 unspecified atom stereocenters. The normalized spacial score (nSPS) is 24.4. The minimum atomic E-state index is -0.169. The Bertz CT molecular complexity index is 556. The summed E-state index contributed by atoms with van der Waals surface area (Å²) in [6.07, 6.45) is 8.28. The van der Waals surface area contributed by atoms with E-state index < -0.39 is 0 Å². The van der Waals surface area contributed by atoms with Crippen LogP contribution < -0.4 is 5.73 Å². The predicted octanol–water partition coefficient (Wildman–Crippen LogP) is 3.51. The Morgan fingerprint density at radius 3 is 2.58 bits per heavy atom. The lowest BCUT2D eigenvalue weighted by molar-refractivity contribution is -0.139. The van der Waals surface area contributed by atoms with Crippen LogP contribution in [0.5, 0.6) is 0 Å². The first-order valence-corrected chi connectivity index (χ1v) is 9.44. The van der Waals surface area contributed by atoms with Crippen LogP contribution >= 0.6 is 0 Å². The van der Waals surface area contributed by atoms with Gasteiger partial charge < -0.3 is 10.6 Å². The van der Waals surface area contributed by atoms with E-state index in [1.165, 1.54) is 18.9 Å². The van der Waals surface area contributed by atoms with Crippen LogP contribution in [0.15, 0.2) is 24.3 Å². The number of amides is 1. The fourth-order valence-electron chi connectivity index (χ4n) is 4.49. The molecule has 132 valence electrons. The third-order valence-electron chi connectivity index (χ3n) is 5.91. The molecule has 2 aliphatic carbocycles. The summed E-state index contributed by atoms with van der Waals surface area (Å²) < 4.78 is 13.9. The molecule has 4 heteroatoms. The van der Waals surface area contributed by atoms with Crippen molar-refractivity contribution < 1.29 is 9.18 Å². The molecule has 0 spiro atoms. The maximum atomic E-state index is 13.9. The molecule has 2 saturated carbocycles. The largest absolute Gasteiger partial charge is 0.339 e. The average Bonchev–Trinajstić information content (AvgIpc) is 3.27. The van der Waals surface area contributed by atoms with Crippen molar-refractivity contribution in [3.8, 4) is 0 Å². The number of carbonyl (C=O) groups excluding carboxylic acids is 1. The van der Waals surface area contributed by atoms with E-state index in [-0.39, 0.29) is 17.6 Å². The van der Waals surface area contributed by atoms with Crippen molar-refractivity contribution in [3.63, 3.8) is 0 Å². The molecule has 1 aromatic rings.